The Hall–Kier alpha value is -3.64. The quantitative estimate of drug-likeness (QED) is 0.423. The highest BCUT2D eigenvalue weighted by Gasteiger charge is 2.42. The van der Waals surface area contributed by atoms with Gasteiger partial charge in [0.2, 0.25) is 0 Å². The van der Waals surface area contributed by atoms with Gasteiger partial charge in [-0.15, -0.1) is 0 Å². The number of anilines is 1. The van der Waals surface area contributed by atoms with Crippen LogP contribution in [0.5, 0.6) is 5.75 Å². The van der Waals surface area contributed by atoms with E-state index in [2.05, 4.69) is 75.4 Å². The Bertz CT molecular complexity index is 1240. The van der Waals surface area contributed by atoms with Gasteiger partial charge in [0.1, 0.15) is 11.8 Å². The van der Waals surface area contributed by atoms with Crippen molar-refractivity contribution in [3.8, 4) is 11.4 Å². The summed E-state index contributed by atoms with van der Waals surface area (Å²) in [4.78, 5) is 6.84. The Morgan fingerprint density at radius 2 is 1.78 bits per heavy atom. The highest BCUT2D eigenvalue weighted by molar-refractivity contribution is 7.80. The maximum absolute atomic E-state index is 5.84. The van der Waals surface area contributed by atoms with Crippen molar-refractivity contribution in [2.45, 2.75) is 19.0 Å². The molecule has 1 saturated heterocycles. The SMILES string of the molecule is COc1cccc(-n2cccc2[C@@H]2[C@H](c3ccccn3)NC(=S)N2c2ccc(C)cc2)c1. The number of methoxy groups -OCH3 is 1. The van der Waals surface area contributed by atoms with Crippen LogP contribution in [-0.4, -0.2) is 21.8 Å². The van der Waals surface area contributed by atoms with E-state index in [1.165, 1.54) is 5.56 Å². The minimum atomic E-state index is -0.0933. The third-order valence-corrected chi connectivity index (χ3v) is 6.14. The molecule has 1 aliphatic rings. The van der Waals surface area contributed by atoms with Crippen LogP contribution < -0.4 is 15.0 Å². The maximum Gasteiger partial charge on any atom is 0.174 e. The Kier molecular flexibility index (Phi) is 5.37. The first kappa shape index (κ1) is 20.3. The molecule has 4 aromatic rings. The van der Waals surface area contributed by atoms with Gasteiger partial charge < -0.3 is 19.5 Å². The summed E-state index contributed by atoms with van der Waals surface area (Å²) in [5.74, 6) is 0.818. The molecular formula is C26H24N4OS. The molecule has 0 bridgehead atoms. The molecule has 2 atom stereocenters. The second-order valence-electron chi connectivity index (χ2n) is 7.84. The first-order valence-corrected chi connectivity index (χ1v) is 11.0. The zero-order chi connectivity index (χ0) is 22.1. The number of aryl methyl sites for hydroxylation is 1. The molecule has 3 heterocycles. The third kappa shape index (κ3) is 3.63. The molecule has 0 unspecified atom stereocenters. The fraction of sp³-hybridized carbons (Fsp3) is 0.154. The Balaban J connectivity index is 1.66. The van der Waals surface area contributed by atoms with Crippen LogP contribution in [0.25, 0.3) is 5.69 Å². The van der Waals surface area contributed by atoms with E-state index in [0.717, 1.165) is 28.5 Å². The second kappa shape index (κ2) is 8.48. The van der Waals surface area contributed by atoms with E-state index in [1.54, 1.807) is 7.11 Å². The molecule has 2 aromatic carbocycles. The Morgan fingerprint density at radius 1 is 0.938 bits per heavy atom. The smallest absolute Gasteiger partial charge is 0.174 e. The number of nitrogens with one attached hydrogen (secondary N) is 1. The molecule has 6 heteroatoms. The second-order valence-corrected chi connectivity index (χ2v) is 8.22. The summed E-state index contributed by atoms with van der Waals surface area (Å²) in [6.45, 7) is 2.09. The minimum absolute atomic E-state index is 0.0821. The van der Waals surface area contributed by atoms with Crippen LogP contribution >= 0.6 is 12.2 Å². The van der Waals surface area contributed by atoms with Crippen molar-refractivity contribution in [2.75, 3.05) is 12.0 Å². The standard InChI is InChI=1S/C26H24N4OS/c1-18-11-13-19(14-12-18)30-25(24(28-26(30)32)22-9-3-4-15-27-22)23-10-6-16-29(23)20-7-5-8-21(17-20)31-2/h3-17,24-25H,1-2H3,(H,28,32)/t24-,25+/m0/s1. The van der Waals surface area contributed by atoms with Crippen LogP contribution in [0.15, 0.2) is 91.3 Å². The normalized spacial score (nSPS) is 17.9. The zero-order valence-electron chi connectivity index (χ0n) is 18.0. The summed E-state index contributed by atoms with van der Waals surface area (Å²) in [7, 11) is 1.69. The summed E-state index contributed by atoms with van der Waals surface area (Å²) in [5, 5.41) is 4.22. The summed E-state index contributed by atoms with van der Waals surface area (Å²) in [6.07, 6.45) is 3.90. The molecule has 1 aliphatic heterocycles. The summed E-state index contributed by atoms with van der Waals surface area (Å²) in [5.41, 5.74) is 5.36. The molecule has 0 saturated carbocycles. The highest BCUT2D eigenvalue weighted by atomic mass is 32.1. The lowest BCUT2D eigenvalue weighted by atomic mass is 10.0. The summed E-state index contributed by atoms with van der Waals surface area (Å²) < 4.78 is 7.65. The van der Waals surface area contributed by atoms with Crippen LogP contribution in [0.1, 0.15) is 29.0 Å². The average Bonchev–Trinajstić information content (AvgIpc) is 3.44. The van der Waals surface area contributed by atoms with Gasteiger partial charge in [0.15, 0.2) is 5.11 Å². The molecule has 0 amide bonds. The number of hydrogen-bond donors (Lipinski definition) is 1. The number of rotatable bonds is 5. The van der Waals surface area contributed by atoms with Gasteiger partial charge in [-0.1, -0.05) is 29.8 Å². The van der Waals surface area contributed by atoms with Crippen LogP contribution in [0.3, 0.4) is 0 Å². The molecule has 2 aromatic heterocycles. The average molecular weight is 441 g/mol. The highest BCUT2D eigenvalue weighted by Crippen LogP contribution is 2.42. The molecule has 160 valence electrons. The molecule has 5 rings (SSSR count). The first-order valence-electron chi connectivity index (χ1n) is 10.5. The van der Waals surface area contributed by atoms with Crippen LogP contribution in [0.4, 0.5) is 5.69 Å². The van der Waals surface area contributed by atoms with Crippen molar-refractivity contribution in [1.29, 1.82) is 0 Å². The maximum atomic E-state index is 5.84. The van der Waals surface area contributed by atoms with E-state index < -0.39 is 0 Å². The molecule has 1 N–H and O–H groups in total. The number of aromatic nitrogens is 2. The molecule has 5 nitrogen and oxygen atoms in total. The van der Waals surface area contributed by atoms with E-state index in [0.29, 0.717) is 5.11 Å². The lowest BCUT2D eigenvalue weighted by Gasteiger charge is -2.29. The Labute approximate surface area is 193 Å². The van der Waals surface area contributed by atoms with Gasteiger partial charge in [-0.3, -0.25) is 4.98 Å². The number of pyridine rings is 1. The van der Waals surface area contributed by atoms with Crippen molar-refractivity contribution in [3.05, 3.63) is 108 Å². The van der Waals surface area contributed by atoms with Crippen molar-refractivity contribution >= 4 is 23.0 Å². The van der Waals surface area contributed by atoms with Crippen LogP contribution in [0, 0.1) is 6.92 Å². The first-order chi connectivity index (χ1) is 15.7. The van der Waals surface area contributed by atoms with Gasteiger partial charge >= 0.3 is 0 Å². The lowest BCUT2D eigenvalue weighted by Crippen LogP contribution is -2.30. The number of benzene rings is 2. The topological polar surface area (TPSA) is 42.3 Å². The summed E-state index contributed by atoms with van der Waals surface area (Å²) in [6, 6.07) is 26.6. The van der Waals surface area contributed by atoms with Gasteiger partial charge in [0.05, 0.1) is 18.8 Å². The molecule has 0 radical (unpaired) electrons. The van der Waals surface area contributed by atoms with Gasteiger partial charge in [0, 0.05) is 35.5 Å². The van der Waals surface area contributed by atoms with Gasteiger partial charge in [-0.25, -0.2) is 0 Å². The molecule has 1 fully saturated rings. The molecular weight excluding hydrogens is 416 g/mol. The van der Waals surface area contributed by atoms with E-state index >= 15 is 0 Å². The van der Waals surface area contributed by atoms with Gasteiger partial charge in [-0.05, 0) is 67.7 Å². The van der Waals surface area contributed by atoms with Crippen molar-refractivity contribution in [1.82, 2.24) is 14.9 Å². The molecule has 32 heavy (non-hydrogen) atoms. The third-order valence-electron chi connectivity index (χ3n) is 5.83. The number of nitrogens with zero attached hydrogens (tertiary/aromatic N) is 3. The predicted octanol–water partition coefficient (Wildman–Crippen LogP) is 5.37. The van der Waals surface area contributed by atoms with Crippen LogP contribution in [0.2, 0.25) is 0 Å². The monoisotopic (exact) mass is 440 g/mol. The van der Waals surface area contributed by atoms with Gasteiger partial charge in [-0.2, -0.15) is 0 Å². The molecule has 0 aliphatic carbocycles. The minimum Gasteiger partial charge on any atom is -0.497 e. The van der Waals surface area contributed by atoms with Crippen LogP contribution in [-0.2, 0) is 0 Å². The Morgan fingerprint density at radius 3 is 2.53 bits per heavy atom. The number of hydrogen-bond acceptors (Lipinski definition) is 3. The van der Waals surface area contributed by atoms with Crippen molar-refractivity contribution < 1.29 is 4.74 Å². The predicted molar refractivity (Wildman–Crippen MR) is 131 cm³/mol. The summed E-state index contributed by atoms with van der Waals surface area (Å²) >= 11 is 5.84. The van der Waals surface area contributed by atoms with E-state index in [1.807, 2.05) is 42.6 Å². The fourth-order valence-electron chi connectivity index (χ4n) is 4.27. The van der Waals surface area contributed by atoms with Crippen molar-refractivity contribution in [3.63, 3.8) is 0 Å². The number of ether oxygens (including phenoxy) is 1. The van der Waals surface area contributed by atoms with Crippen molar-refractivity contribution in [2.24, 2.45) is 0 Å². The van der Waals surface area contributed by atoms with E-state index in [9.17, 15) is 0 Å². The van der Waals surface area contributed by atoms with Gasteiger partial charge in [0.25, 0.3) is 0 Å². The zero-order valence-corrected chi connectivity index (χ0v) is 18.8. The fourth-order valence-corrected chi connectivity index (χ4v) is 4.62. The van der Waals surface area contributed by atoms with E-state index in [-0.39, 0.29) is 12.1 Å². The lowest BCUT2D eigenvalue weighted by molar-refractivity contribution is 0.414. The largest absolute Gasteiger partial charge is 0.497 e. The van der Waals surface area contributed by atoms with E-state index in [4.69, 9.17) is 17.0 Å². The number of thiocarbonyl (C=S) groups is 1. The molecule has 0 spiro atoms.